The summed E-state index contributed by atoms with van der Waals surface area (Å²) in [6.45, 7) is 7.25. The number of aliphatic hydroxyl groups excluding tert-OH is 2. The predicted octanol–water partition coefficient (Wildman–Crippen LogP) is 1.84. The fraction of sp³-hybridized carbons (Fsp3) is 0.867. The summed E-state index contributed by atoms with van der Waals surface area (Å²) in [5.74, 6) is 0.296. The van der Waals surface area contributed by atoms with E-state index in [1.165, 1.54) is 11.1 Å². The maximum atomic E-state index is 10.7. The second kappa shape index (κ2) is 2.87. The second-order valence-electron chi connectivity index (χ2n) is 7.83. The van der Waals surface area contributed by atoms with Crippen molar-refractivity contribution >= 4 is 0 Å². The molecule has 0 radical (unpaired) electrons. The van der Waals surface area contributed by atoms with E-state index in [1.54, 1.807) is 0 Å². The number of aliphatic hydroxyl groups is 2. The maximum Gasteiger partial charge on any atom is 0.165 e. The van der Waals surface area contributed by atoms with Gasteiger partial charge in [-0.15, -0.1) is 0 Å². The monoisotopic (exact) mass is 250 g/mol. The molecule has 1 aliphatic heterocycles. The van der Waals surface area contributed by atoms with Gasteiger partial charge < -0.3 is 14.9 Å². The maximum absolute atomic E-state index is 10.7. The SMILES string of the molecule is CC1(C)CC2=C3COC(O)C34CC4(C)C(O)C2C1. The van der Waals surface area contributed by atoms with E-state index in [9.17, 15) is 10.2 Å². The third kappa shape index (κ3) is 1.01. The lowest BCUT2D eigenvalue weighted by Gasteiger charge is -2.36. The molecule has 3 nitrogen and oxygen atoms in total. The molecule has 2 N–H and O–H groups in total. The van der Waals surface area contributed by atoms with Gasteiger partial charge in [-0.3, -0.25) is 0 Å². The molecule has 3 aliphatic carbocycles. The molecular weight excluding hydrogens is 228 g/mol. The molecule has 0 bridgehead atoms. The second-order valence-corrected chi connectivity index (χ2v) is 7.83. The van der Waals surface area contributed by atoms with Gasteiger partial charge in [0.1, 0.15) is 0 Å². The highest BCUT2D eigenvalue weighted by molar-refractivity contribution is 5.46. The van der Waals surface area contributed by atoms with Crippen LogP contribution in [-0.2, 0) is 4.74 Å². The van der Waals surface area contributed by atoms with Crippen LogP contribution in [-0.4, -0.2) is 29.2 Å². The predicted molar refractivity (Wildman–Crippen MR) is 66.7 cm³/mol. The third-order valence-corrected chi connectivity index (χ3v) is 6.20. The van der Waals surface area contributed by atoms with Gasteiger partial charge in [0, 0.05) is 11.3 Å². The first-order valence-corrected chi connectivity index (χ1v) is 7.02. The van der Waals surface area contributed by atoms with Gasteiger partial charge in [0.15, 0.2) is 6.29 Å². The van der Waals surface area contributed by atoms with Crippen molar-refractivity contribution in [1.29, 1.82) is 0 Å². The average molecular weight is 250 g/mol. The molecule has 5 unspecified atom stereocenters. The smallest absolute Gasteiger partial charge is 0.165 e. The molecule has 0 aromatic rings. The lowest BCUT2D eigenvalue weighted by molar-refractivity contribution is -0.108. The van der Waals surface area contributed by atoms with Crippen LogP contribution in [0.3, 0.4) is 0 Å². The van der Waals surface area contributed by atoms with Crippen molar-refractivity contribution in [2.45, 2.75) is 52.4 Å². The lowest BCUT2D eigenvalue weighted by Crippen LogP contribution is -2.40. The van der Waals surface area contributed by atoms with E-state index in [2.05, 4.69) is 20.8 Å². The Morgan fingerprint density at radius 3 is 2.67 bits per heavy atom. The van der Waals surface area contributed by atoms with Crippen LogP contribution in [0.1, 0.15) is 40.0 Å². The first-order valence-electron chi connectivity index (χ1n) is 7.02. The van der Waals surface area contributed by atoms with Crippen LogP contribution in [0.15, 0.2) is 11.1 Å². The van der Waals surface area contributed by atoms with Crippen molar-refractivity contribution in [2.24, 2.45) is 22.2 Å². The topological polar surface area (TPSA) is 49.7 Å². The summed E-state index contributed by atoms with van der Waals surface area (Å²) in [5.41, 5.74) is 2.60. The van der Waals surface area contributed by atoms with Crippen molar-refractivity contribution in [1.82, 2.24) is 0 Å². The lowest BCUT2D eigenvalue weighted by atomic mass is 9.70. The Kier molecular flexibility index (Phi) is 1.82. The molecule has 4 aliphatic rings. The van der Waals surface area contributed by atoms with Gasteiger partial charge in [0.05, 0.1) is 18.1 Å². The number of fused-ring (bicyclic) bond motifs is 1. The Morgan fingerprint density at radius 1 is 1.22 bits per heavy atom. The highest BCUT2D eigenvalue weighted by atomic mass is 16.6. The van der Waals surface area contributed by atoms with Crippen LogP contribution in [0.4, 0.5) is 0 Å². The molecule has 4 rings (SSSR count). The largest absolute Gasteiger partial charge is 0.392 e. The van der Waals surface area contributed by atoms with Crippen molar-refractivity contribution in [3.05, 3.63) is 11.1 Å². The summed E-state index contributed by atoms with van der Waals surface area (Å²) in [6, 6.07) is 0. The van der Waals surface area contributed by atoms with Crippen molar-refractivity contribution in [3.63, 3.8) is 0 Å². The molecule has 0 amide bonds. The van der Waals surface area contributed by atoms with Crippen molar-refractivity contribution in [3.8, 4) is 0 Å². The molecule has 1 saturated heterocycles. The zero-order valence-corrected chi connectivity index (χ0v) is 11.4. The summed E-state index contributed by atoms with van der Waals surface area (Å²) < 4.78 is 5.52. The van der Waals surface area contributed by atoms with Gasteiger partial charge >= 0.3 is 0 Å². The quantitative estimate of drug-likeness (QED) is 0.645. The first kappa shape index (κ1) is 11.4. The zero-order chi connectivity index (χ0) is 12.9. The molecular formula is C15H22O3. The highest BCUT2D eigenvalue weighted by Crippen LogP contribution is 2.78. The molecule has 1 heterocycles. The number of hydrogen-bond acceptors (Lipinski definition) is 3. The Labute approximate surface area is 108 Å². The van der Waals surface area contributed by atoms with Gasteiger partial charge in [0.2, 0.25) is 0 Å². The standard InChI is InChI=1S/C15H22O3/c1-13(2)4-8-9(5-13)11(16)14(3)7-15(14)10(8)6-18-12(15)17/h9,11-12,16-17H,4-7H2,1-3H3. The molecule has 1 spiro atoms. The van der Waals surface area contributed by atoms with Gasteiger partial charge in [-0.05, 0) is 30.3 Å². The van der Waals surface area contributed by atoms with Crippen LogP contribution < -0.4 is 0 Å². The molecule has 0 aromatic carbocycles. The van der Waals surface area contributed by atoms with Crippen LogP contribution in [0, 0.1) is 22.2 Å². The normalized spacial score (nSPS) is 56.2. The molecule has 3 fully saturated rings. The summed E-state index contributed by atoms with van der Waals surface area (Å²) in [7, 11) is 0. The molecule has 18 heavy (non-hydrogen) atoms. The van der Waals surface area contributed by atoms with Crippen molar-refractivity contribution in [2.75, 3.05) is 6.61 Å². The minimum atomic E-state index is -0.704. The van der Waals surface area contributed by atoms with Crippen LogP contribution in [0.25, 0.3) is 0 Å². The van der Waals surface area contributed by atoms with E-state index in [1.807, 2.05) is 0 Å². The summed E-state index contributed by atoms with van der Waals surface area (Å²) in [6.07, 6.45) is 1.99. The van der Waals surface area contributed by atoms with Gasteiger partial charge in [0.25, 0.3) is 0 Å². The van der Waals surface area contributed by atoms with E-state index < -0.39 is 6.29 Å². The highest BCUT2D eigenvalue weighted by Gasteiger charge is 2.79. The van der Waals surface area contributed by atoms with Crippen LogP contribution >= 0.6 is 0 Å². The van der Waals surface area contributed by atoms with E-state index in [0.717, 1.165) is 19.3 Å². The van der Waals surface area contributed by atoms with Gasteiger partial charge in [-0.25, -0.2) is 0 Å². The number of ether oxygens (including phenoxy) is 1. The van der Waals surface area contributed by atoms with Crippen LogP contribution in [0.5, 0.6) is 0 Å². The number of rotatable bonds is 0. The number of hydrogen-bond donors (Lipinski definition) is 2. The van der Waals surface area contributed by atoms with E-state index in [4.69, 9.17) is 4.74 Å². The Balaban J connectivity index is 1.89. The van der Waals surface area contributed by atoms with Gasteiger partial charge in [-0.2, -0.15) is 0 Å². The Hall–Kier alpha value is -0.380. The molecule has 3 heteroatoms. The fourth-order valence-electron chi connectivity index (χ4n) is 5.20. The zero-order valence-electron chi connectivity index (χ0n) is 11.4. The fourth-order valence-corrected chi connectivity index (χ4v) is 5.20. The first-order chi connectivity index (χ1) is 8.32. The molecule has 0 aromatic heterocycles. The van der Waals surface area contributed by atoms with Gasteiger partial charge in [-0.1, -0.05) is 26.3 Å². The van der Waals surface area contributed by atoms with Crippen molar-refractivity contribution < 1.29 is 14.9 Å². The minimum absolute atomic E-state index is 0.160. The average Bonchev–Trinajstić information content (AvgIpc) is 2.61. The minimum Gasteiger partial charge on any atom is -0.392 e. The summed E-state index contributed by atoms with van der Waals surface area (Å²) in [4.78, 5) is 0. The van der Waals surface area contributed by atoms with Crippen LogP contribution in [0.2, 0.25) is 0 Å². The van der Waals surface area contributed by atoms with E-state index >= 15 is 0 Å². The molecule has 5 atom stereocenters. The molecule has 100 valence electrons. The van der Waals surface area contributed by atoms with E-state index in [-0.39, 0.29) is 22.3 Å². The molecule has 2 saturated carbocycles. The summed E-state index contributed by atoms with van der Waals surface area (Å²) >= 11 is 0. The Morgan fingerprint density at radius 2 is 1.94 bits per heavy atom. The summed E-state index contributed by atoms with van der Waals surface area (Å²) in [5, 5.41) is 20.9. The van der Waals surface area contributed by atoms with E-state index in [0.29, 0.717) is 12.5 Å². The third-order valence-electron chi connectivity index (χ3n) is 6.20. The Bertz CT molecular complexity index is 466.